The van der Waals surface area contributed by atoms with Crippen molar-refractivity contribution < 1.29 is 0 Å². The van der Waals surface area contributed by atoms with E-state index < -0.39 is 0 Å². The number of aromatic nitrogens is 4. The first-order chi connectivity index (χ1) is 27.3. The van der Waals surface area contributed by atoms with E-state index in [1.165, 1.54) is 63.9 Å². The highest BCUT2D eigenvalue weighted by molar-refractivity contribution is 7.26. The van der Waals surface area contributed by atoms with Crippen molar-refractivity contribution in [2.45, 2.75) is 0 Å². The molecule has 0 bridgehead atoms. The minimum absolute atomic E-state index is 0.668. The molecular weight excluding hydrogens is 689 g/mol. The predicted molar refractivity (Wildman–Crippen MR) is 232 cm³/mol. The molecule has 12 rings (SSSR count). The van der Waals surface area contributed by atoms with E-state index in [1.54, 1.807) is 0 Å². The fraction of sp³-hybridized carbons (Fsp3) is 0. The van der Waals surface area contributed by atoms with Gasteiger partial charge in [0.05, 0.1) is 33.3 Å². The number of hydrogen-bond donors (Lipinski definition) is 0. The van der Waals surface area contributed by atoms with E-state index in [-0.39, 0.29) is 0 Å². The lowest BCUT2D eigenvalue weighted by molar-refractivity contribution is 1.01. The third-order valence-electron chi connectivity index (χ3n) is 11.1. The van der Waals surface area contributed by atoms with E-state index in [9.17, 15) is 0 Å². The van der Waals surface area contributed by atoms with E-state index >= 15 is 0 Å². The van der Waals surface area contributed by atoms with Gasteiger partial charge in [0.1, 0.15) is 0 Å². The number of hydrogen-bond acceptors (Lipinski definition) is 3. The fourth-order valence-electron chi connectivity index (χ4n) is 8.68. The fourth-order valence-corrected chi connectivity index (χ4v) is 9.90. The number of rotatable bonds is 4. The lowest BCUT2D eigenvalue weighted by Gasteiger charge is -2.12. The van der Waals surface area contributed by atoms with Crippen molar-refractivity contribution in [1.82, 2.24) is 19.1 Å². The Morgan fingerprint density at radius 2 is 0.945 bits per heavy atom. The zero-order chi connectivity index (χ0) is 36.0. The van der Waals surface area contributed by atoms with Crippen molar-refractivity contribution in [2.75, 3.05) is 0 Å². The van der Waals surface area contributed by atoms with Crippen molar-refractivity contribution in [3.8, 4) is 34.0 Å². The van der Waals surface area contributed by atoms with Crippen LogP contribution in [-0.4, -0.2) is 19.1 Å². The van der Waals surface area contributed by atoms with Crippen molar-refractivity contribution in [2.24, 2.45) is 0 Å². The number of fused-ring (bicyclic) bond motifs is 10. The Bertz CT molecular complexity index is 3500. The van der Waals surface area contributed by atoms with Crippen LogP contribution >= 0.6 is 11.3 Å². The summed E-state index contributed by atoms with van der Waals surface area (Å²) in [6.07, 6.45) is 0. The quantitative estimate of drug-likeness (QED) is 0.182. The molecule has 4 nitrogen and oxygen atoms in total. The van der Waals surface area contributed by atoms with Gasteiger partial charge in [-0.25, -0.2) is 9.97 Å². The lowest BCUT2D eigenvalue weighted by Crippen LogP contribution is -2.03. The molecule has 4 heterocycles. The van der Waals surface area contributed by atoms with Crippen LogP contribution in [0.3, 0.4) is 0 Å². The summed E-state index contributed by atoms with van der Waals surface area (Å²) in [6, 6.07) is 65.3. The lowest BCUT2D eigenvalue weighted by atomic mass is 10.0. The molecule has 256 valence electrons. The maximum atomic E-state index is 5.46. The molecule has 8 aromatic carbocycles. The van der Waals surface area contributed by atoms with Gasteiger partial charge in [0.2, 0.25) is 5.95 Å². The highest BCUT2D eigenvalue weighted by Gasteiger charge is 2.20. The summed E-state index contributed by atoms with van der Waals surface area (Å²) in [6.45, 7) is 0. The van der Waals surface area contributed by atoms with Crippen LogP contribution in [0, 0.1) is 0 Å². The summed E-state index contributed by atoms with van der Waals surface area (Å²) in [5, 5.41) is 8.41. The molecule has 0 aliphatic heterocycles. The Morgan fingerprint density at radius 3 is 1.69 bits per heavy atom. The first-order valence-corrected chi connectivity index (χ1v) is 19.4. The Labute approximate surface area is 319 Å². The van der Waals surface area contributed by atoms with E-state index in [1.807, 2.05) is 11.3 Å². The van der Waals surface area contributed by atoms with E-state index in [0.29, 0.717) is 5.95 Å². The second-order valence-electron chi connectivity index (χ2n) is 14.2. The van der Waals surface area contributed by atoms with Crippen LogP contribution in [-0.2, 0) is 0 Å². The molecule has 0 N–H and O–H groups in total. The van der Waals surface area contributed by atoms with Gasteiger partial charge in [-0.1, -0.05) is 121 Å². The zero-order valence-electron chi connectivity index (χ0n) is 29.5. The minimum atomic E-state index is 0.668. The Morgan fingerprint density at radius 1 is 0.382 bits per heavy atom. The molecule has 0 radical (unpaired) electrons. The summed E-state index contributed by atoms with van der Waals surface area (Å²) in [7, 11) is 0. The summed E-state index contributed by atoms with van der Waals surface area (Å²) in [5.74, 6) is 0.668. The molecule has 0 amide bonds. The van der Waals surface area contributed by atoms with Crippen LogP contribution in [0.5, 0.6) is 0 Å². The Kier molecular flexibility index (Phi) is 6.47. The normalized spacial score (nSPS) is 12.0. The largest absolute Gasteiger partial charge is 0.309 e. The zero-order valence-corrected chi connectivity index (χ0v) is 30.3. The Hall–Kier alpha value is -7.08. The molecule has 0 unspecified atom stereocenters. The van der Waals surface area contributed by atoms with Crippen LogP contribution in [0.25, 0.3) is 109 Å². The van der Waals surface area contributed by atoms with Gasteiger partial charge >= 0.3 is 0 Å². The Balaban J connectivity index is 1.06. The van der Waals surface area contributed by atoms with Crippen LogP contribution in [0.1, 0.15) is 0 Å². The highest BCUT2D eigenvalue weighted by Crippen LogP contribution is 2.42. The smallest absolute Gasteiger partial charge is 0.235 e. The first-order valence-electron chi connectivity index (χ1n) is 18.6. The SMILES string of the molecule is c1ccc(-n2c3ccccc3c3cc(-c4ccc5c(c4)c4ccccc4n5-c4nc(-c5cccc6c5sc5ccccc56)c5ccccc5n4)ccc32)cc1. The molecule has 0 atom stereocenters. The second kappa shape index (κ2) is 11.7. The van der Waals surface area contributed by atoms with Crippen molar-refractivity contribution in [1.29, 1.82) is 0 Å². The molecule has 0 aliphatic rings. The van der Waals surface area contributed by atoms with Crippen molar-refractivity contribution in [3.63, 3.8) is 0 Å². The molecule has 0 fully saturated rings. The summed E-state index contributed by atoms with van der Waals surface area (Å²) >= 11 is 1.83. The van der Waals surface area contributed by atoms with Crippen LogP contribution in [0.15, 0.2) is 182 Å². The summed E-state index contributed by atoms with van der Waals surface area (Å²) in [4.78, 5) is 10.7. The van der Waals surface area contributed by atoms with Gasteiger partial charge in [-0.05, 0) is 71.8 Å². The number of benzene rings is 8. The molecule has 0 saturated heterocycles. The molecule has 4 aromatic heterocycles. The molecule has 12 aromatic rings. The summed E-state index contributed by atoms with van der Waals surface area (Å²) < 4.78 is 7.13. The molecule has 5 heteroatoms. The molecular formula is C50H30N4S. The number of nitrogens with zero attached hydrogens (tertiary/aromatic N) is 4. The van der Waals surface area contributed by atoms with Gasteiger partial charge in [-0.2, -0.15) is 0 Å². The topological polar surface area (TPSA) is 35.6 Å². The van der Waals surface area contributed by atoms with Gasteiger partial charge in [0.15, 0.2) is 0 Å². The first kappa shape index (κ1) is 30.4. The number of para-hydroxylation sites is 4. The predicted octanol–water partition coefficient (Wildman–Crippen LogP) is 13.5. The summed E-state index contributed by atoms with van der Waals surface area (Å²) in [5.41, 5.74) is 11.1. The highest BCUT2D eigenvalue weighted by atomic mass is 32.1. The minimum Gasteiger partial charge on any atom is -0.309 e. The van der Waals surface area contributed by atoms with Crippen molar-refractivity contribution in [3.05, 3.63) is 182 Å². The molecule has 0 aliphatic carbocycles. The third kappa shape index (κ3) is 4.51. The molecule has 0 saturated carbocycles. The van der Waals surface area contributed by atoms with E-state index in [0.717, 1.165) is 38.9 Å². The second-order valence-corrected chi connectivity index (χ2v) is 15.2. The average Bonchev–Trinajstić information content (AvgIpc) is 3.91. The van der Waals surface area contributed by atoms with E-state index in [4.69, 9.17) is 9.97 Å². The van der Waals surface area contributed by atoms with Crippen LogP contribution in [0.2, 0.25) is 0 Å². The van der Waals surface area contributed by atoms with Gasteiger partial charge in [-0.3, -0.25) is 4.57 Å². The van der Waals surface area contributed by atoms with Crippen molar-refractivity contribution >= 4 is 86.0 Å². The number of thiophene rings is 1. The maximum Gasteiger partial charge on any atom is 0.235 e. The molecule has 0 spiro atoms. The monoisotopic (exact) mass is 718 g/mol. The van der Waals surface area contributed by atoms with Crippen LogP contribution < -0.4 is 0 Å². The maximum absolute atomic E-state index is 5.46. The van der Waals surface area contributed by atoms with Gasteiger partial charge in [0, 0.05) is 58.4 Å². The third-order valence-corrected chi connectivity index (χ3v) is 12.4. The average molecular weight is 719 g/mol. The van der Waals surface area contributed by atoms with Crippen LogP contribution in [0.4, 0.5) is 0 Å². The van der Waals surface area contributed by atoms with Gasteiger partial charge in [0.25, 0.3) is 0 Å². The molecule has 55 heavy (non-hydrogen) atoms. The van der Waals surface area contributed by atoms with Gasteiger partial charge < -0.3 is 4.57 Å². The van der Waals surface area contributed by atoms with Gasteiger partial charge in [-0.15, -0.1) is 11.3 Å². The van der Waals surface area contributed by atoms with E-state index in [2.05, 4.69) is 191 Å². The standard InChI is InChI=1S/C50H30N4S/c1-2-13-33(14-3-1)53-43-22-9-5-15-34(43)40-29-31(25-27-45(40)53)32-26-28-46-41(30-32)35-16-6-10-23-44(35)54(46)50-51-42-21-8-4-18-38(42)48(52-50)39-20-12-19-37-36-17-7-11-24-47(36)55-49(37)39/h1-30H.